The Morgan fingerprint density at radius 1 is 0.895 bits per heavy atom. The van der Waals surface area contributed by atoms with Crippen LogP contribution in [0, 0.1) is 0 Å². The molecule has 0 saturated heterocycles. The third-order valence-corrected chi connectivity index (χ3v) is 2.52. The first-order chi connectivity index (χ1) is 9.31. The lowest BCUT2D eigenvalue weighted by Gasteiger charge is -2.07. The first-order valence-corrected chi connectivity index (χ1v) is 5.87. The van der Waals surface area contributed by atoms with E-state index in [4.69, 9.17) is 14.2 Å². The quantitative estimate of drug-likeness (QED) is 0.797. The Kier molecular flexibility index (Phi) is 4.69. The lowest BCUT2D eigenvalue weighted by atomic mass is 10.2. The summed E-state index contributed by atoms with van der Waals surface area (Å²) in [5.41, 5.74) is 1.06. The molecule has 0 bridgehead atoms. The van der Waals surface area contributed by atoms with Crippen molar-refractivity contribution in [2.75, 3.05) is 14.2 Å². The summed E-state index contributed by atoms with van der Waals surface area (Å²) in [5.74, 6) is 2.10. The van der Waals surface area contributed by atoms with Gasteiger partial charge in [0.2, 0.25) is 0 Å². The molecule has 19 heavy (non-hydrogen) atoms. The van der Waals surface area contributed by atoms with Crippen LogP contribution in [-0.4, -0.2) is 24.2 Å². The summed E-state index contributed by atoms with van der Waals surface area (Å²) in [6, 6.07) is 7.71. The Morgan fingerprint density at radius 2 is 1.58 bits per heavy atom. The molecule has 0 saturated carbocycles. The van der Waals surface area contributed by atoms with Crippen molar-refractivity contribution in [3.63, 3.8) is 0 Å². The SMILES string of the molecule is COCc1ncc(OCc2ccc(OC)cc2)cn1. The summed E-state index contributed by atoms with van der Waals surface area (Å²) in [7, 11) is 3.25. The lowest BCUT2D eigenvalue weighted by Crippen LogP contribution is -1.99. The van der Waals surface area contributed by atoms with Crippen LogP contribution < -0.4 is 9.47 Å². The molecule has 0 aliphatic carbocycles. The maximum Gasteiger partial charge on any atom is 0.156 e. The second-order valence-corrected chi connectivity index (χ2v) is 3.90. The summed E-state index contributed by atoms with van der Waals surface area (Å²) in [5, 5.41) is 0. The molecular formula is C14H16N2O3. The van der Waals surface area contributed by atoms with Gasteiger partial charge >= 0.3 is 0 Å². The lowest BCUT2D eigenvalue weighted by molar-refractivity contribution is 0.177. The fraction of sp³-hybridized carbons (Fsp3) is 0.286. The molecule has 1 aromatic carbocycles. The van der Waals surface area contributed by atoms with Crippen LogP contribution in [0.3, 0.4) is 0 Å². The van der Waals surface area contributed by atoms with E-state index in [1.807, 2.05) is 24.3 Å². The second-order valence-electron chi connectivity index (χ2n) is 3.90. The number of ether oxygens (including phenoxy) is 3. The van der Waals surface area contributed by atoms with E-state index in [-0.39, 0.29) is 0 Å². The normalized spacial score (nSPS) is 10.2. The van der Waals surface area contributed by atoms with Crippen LogP contribution in [0.25, 0.3) is 0 Å². The van der Waals surface area contributed by atoms with E-state index in [9.17, 15) is 0 Å². The number of nitrogens with zero attached hydrogens (tertiary/aromatic N) is 2. The molecule has 0 unspecified atom stereocenters. The molecule has 0 aliphatic rings. The van der Waals surface area contributed by atoms with Gasteiger partial charge < -0.3 is 14.2 Å². The van der Waals surface area contributed by atoms with Crippen LogP contribution in [0.2, 0.25) is 0 Å². The van der Waals surface area contributed by atoms with E-state index in [0.717, 1.165) is 11.3 Å². The van der Waals surface area contributed by atoms with E-state index >= 15 is 0 Å². The van der Waals surface area contributed by atoms with Gasteiger partial charge in [0.25, 0.3) is 0 Å². The summed E-state index contributed by atoms with van der Waals surface area (Å²) in [6.45, 7) is 0.871. The van der Waals surface area contributed by atoms with Crippen LogP contribution in [0.5, 0.6) is 11.5 Å². The standard InChI is InChI=1S/C14H16N2O3/c1-17-10-14-15-7-13(8-16-14)19-9-11-3-5-12(18-2)6-4-11/h3-8H,9-10H2,1-2H3. The Balaban J connectivity index is 1.90. The molecule has 100 valence electrons. The predicted molar refractivity (Wildman–Crippen MR) is 70.1 cm³/mol. The van der Waals surface area contributed by atoms with Crippen molar-refractivity contribution < 1.29 is 14.2 Å². The van der Waals surface area contributed by atoms with E-state index in [2.05, 4.69) is 9.97 Å². The topological polar surface area (TPSA) is 53.5 Å². The number of hydrogen-bond acceptors (Lipinski definition) is 5. The van der Waals surface area contributed by atoms with Gasteiger partial charge in [-0.15, -0.1) is 0 Å². The summed E-state index contributed by atoms with van der Waals surface area (Å²) in [4.78, 5) is 8.25. The second kappa shape index (κ2) is 6.70. The number of benzene rings is 1. The fourth-order valence-corrected chi connectivity index (χ4v) is 1.51. The minimum atomic E-state index is 0.402. The monoisotopic (exact) mass is 260 g/mol. The number of methoxy groups -OCH3 is 2. The van der Waals surface area contributed by atoms with Crippen molar-refractivity contribution in [3.8, 4) is 11.5 Å². The highest BCUT2D eigenvalue weighted by Crippen LogP contribution is 2.14. The predicted octanol–water partition coefficient (Wildman–Crippen LogP) is 2.21. The number of rotatable bonds is 6. The Morgan fingerprint density at radius 3 is 2.16 bits per heavy atom. The van der Waals surface area contributed by atoms with Crippen molar-refractivity contribution in [3.05, 3.63) is 48.0 Å². The Hall–Kier alpha value is -2.14. The van der Waals surface area contributed by atoms with Crippen molar-refractivity contribution in [1.29, 1.82) is 0 Å². The van der Waals surface area contributed by atoms with E-state index in [1.54, 1.807) is 26.6 Å². The van der Waals surface area contributed by atoms with Gasteiger partial charge in [-0.05, 0) is 17.7 Å². The van der Waals surface area contributed by atoms with Crippen LogP contribution >= 0.6 is 0 Å². The first-order valence-electron chi connectivity index (χ1n) is 5.87. The average Bonchev–Trinajstić information content (AvgIpc) is 2.47. The van der Waals surface area contributed by atoms with Crippen molar-refractivity contribution >= 4 is 0 Å². The average molecular weight is 260 g/mol. The van der Waals surface area contributed by atoms with Gasteiger partial charge in [0.05, 0.1) is 19.5 Å². The molecule has 0 aliphatic heterocycles. The molecular weight excluding hydrogens is 244 g/mol. The molecule has 2 aromatic rings. The van der Waals surface area contributed by atoms with E-state index < -0.39 is 0 Å². The van der Waals surface area contributed by atoms with E-state index in [0.29, 0.717) is 24.8 Å². The molecule has 1 heterocycles. The molecule has 0 spiro atoms. The van der Waals surface area contributed by atoms with Crippen LogP contribution in [0.4, 0.5) is 0 Å². The number of aromatic nitrogens is 2. The van der Waals surface area contributed by atoms with Gasteiger partial charge in [0, 0.05) is 7.11 Å². The zero-order chi connectivity index (χ0) is 13.5. The molecule has 1 aromatic heterocycles. The van der Waals surface area contributed by atoms with Crippen molar-refractivity contribution in [1.82, 2.24) is 9.97 Å². The highest BCUT2D eigenvalue weighted by atomic mass is 16.5. The Labute approximate surface area is 112 Å². The summed E-state index contributed by atoms with van der Waals surface area (Å²) in [6.07, 6.45) is 3.29. The van der Waals surface area contributed by atoms with Crippen molar-refractivity contribution in [2.24, 2.45) is 0 Å². The third kappa shape index (κ3) is 3.93. The molecule has 0 radical (unpaired) electrons. The molecule has 0 N–H and O–H groups in total. The van der Waals surface area contributed by atoms with Crippen LogP contribution in [0.15, 0.2) is 36.7 Å². The molecule has 2 rings (SSSR count). The highest BCUT2D eigenvalue weighted by Gasteiger charge is 2.00. The van der Waals surface area contributed by atoms with Crippen molar-refractivity contribution in [2.45, 2.75) is 13.2 Å². The first kappa shape index (κ1) is 13.3. The summed E-state index contributed by atoms with van der Waals surface area (Å²) >= 11 is 0. The molecule has 0 atom stereocenters. The van der Waals surface area contributed by atoms with Gasteiger partial charge in [-0.3, -0.25) is 0 Å². The molecule has 5 heteroatoms. The smallest absolute Gasteiger partial charge is 0.156 e. The maximum absolute atomic E-state index is 5.59. The molecule has 0 fully saturated rings. The number of hydrogen-bond donors (Lipinski definition) is 0. The van der Waals surface area contributed by atoms with E-state index in [1.165, 1.54) is 0 Å². The minimum Gasteiger partial charge on any atom is -0.497 e. The third-order valence-electron chi connectivity index (χ3n) is 2.52. The van der Waals surface area contributed by atoms with Gasteiger partial charge in [-0.1, -0.05) is 12.1 Å². The summed E-state index contributed by atoms with van der Waals surface area (Å²) < 4.78 is 15.6. The maximum atomic E-state index is 5.59. The zero-order valence-electron chi connectivity index (χ0n) is 11.0. The van der Waals surface area contributed by atoms with Gasteiger partial charge in [0.15, 0.2) is 11.6 Å². The highest BCUT2D eigenvalue weighted by molar-refractivity contribution is 5.27. The van der Waals surface area contributed by atoms with Gasteiger partial charge in [0.1, 0.15) is 19.0 Å². The van der Waals surface area contributed by atoms with Gasteiger partial charge in [-0.25, -0.2) is 9.97 Å². The minimum absolute atomic E-state index is 0.402. The van der Waals surface area contributed by atoms with Crippen LogP contribution in [-0.2, 0) is 18.0 Å². The Bertz CT molecular complexity index is 497. The molecule has 5 nitrogen and oxygen atoms in total. The van der Waals surface area contributed by atoms with Crippen LogP contribution in [0.1, 0.15) is 11.4 Å². The zero-order valence-corrected chi connectivity index (χ0v) is 11.0. The van der Waals surface area contributed by atoms with Gasteiger partial charge in [-0.2, -0.15) is 0 Å². The fourth-order valence-electron chi connectivity index (χ4n) is 1.51. The largest absolute Gasteiger partial charge is 0.497 e. The molecule has 0 amide bonds.